The Morgan fingerprint density at radius 3 is 2.65 bits per heavy atom. The number of anilines is 1. The number of hydrogen-bond donors (Lipinski definition) is 1. The normalized spacial score (nSPS) is 16.3. The van der Waals surface area contributed by atoms with Gasteiger partial charge in [0.2, 0.25) is 12.7 Å². The zero-order chi connectivity index (χ0) is 17.5. The topological polar surface area (TPSA) is 70.7 Å². The van der Waals surface area contributed by atoms with Crippen LogP contribution in [0.3, 0.4) is 0 Å². The molecule has 2 aliphatic heterocycles. The summed E-state index contributed by atoms with van der Waals surface area (Å²) in [5, 5.41) is 0. The van der Waals surface area contributed by atoms with Gasteiger partial charge >= 0.3 is 0 Å². The summed E-state index contributed by atoms with van der Waals surface area (Å²) in [6.45, 7) is 3.02. The molecule has 2 aromatic carbocycles. The molecule has 0 bridgehead atoms. The zero-order valence-electron chi connectivity index (χ0n) is 14.1. The Kier molecular flexibility index (Phi) is 3.44. The van der Waals surface area contributed by atoms with Crippen LogP contribution < -0.4 is 14.4 Å². The maximum atomic E-state index is 12.8. The molecule has 3 aromatic rings. The number of imidazole rings is 1. The van der Waals surface area contributed by atoms with Gasteiger partial charge in [0.15, 0.2) is 11.5 Å². The molecule has 0 unspecified atom stereocenters. The van der Waals surface area contributed by atoms with Gasteiger partial charge in [0.05, 0.1) is 11.0 Å². The van der Waals surface area contributed by atoms with Crippen molar-refractivity contribution in [3.05, 3.63) is 48.0 Å². The fourth-order valence-corrected chi connectivity index (χ4v) is 3.42. The largest absolute Gasteiger partial charge is 0.454 e. The van der Waals surface area contributed by atoms with Gasteiger partial charge in [-0.3, -0.25) is 4.79 Å². The molecular weight excluding hydrogens is 332 g/mol. The molecule has 26 heavy (non-hydrogen) atoms. The fourth-order valence-electron chi connectivity index (χ4n) is 3.42. The molecule has 1 fully saturated rings. The van der Waals surface area contributed by atoms with E-state index < -0.39 is 0 Å². The summed E-state index contributed by atoms with van der Waals surface area (Å²) in [6, 6.07) is 13.3. The van der Waals surface area contributed by atoms with Gasteiger partial charge in [-0.2, -0.15) is 0 Å². The fraction of sp³-hybridized carbons (Fsp3) is 0.263. The van der Waals surface area contributed by atoms with Crippen LogP contribution in [-0.2, 0) is 0 Å². The first kappa shape index (κ1) is 15.1. The highest BCUT2D eigenvalue weighted by molar-refractivity contribution is 5.95. The third-order valence-electron chi connectivity index (χ3n) is 4.86. The zero-order valence-corrected chi connectivity index (χ0v) is 14.1. The predicted octanol–water partition coefficient (Wildman–Crippen LogP) is 2.25. The standard InChI is InChI=1S/C19H18N4O3/c24-18(13-5-6-16-17(11-13)26-12-25-16)22-7-9-23(10-8-22)19-20-14-3-1-2-4-15(14)21-19/h1-6,11H,7-10,12H2,(H,20,21). The number of carbonyl (C=O) groups excluding carboxylic acids is 1. The number of para-hydroxylation sites is 2. The van der Waals surface area contributed by atoms with Gasteiger partial charge in [0.1, 0.15) is 0 Å². The first-order chi connectivity index (χ1) is 12.8. The first-order valence-electron chi connectivity index (χ1n) is 8.66. The molecule has 1 N–H and O–H groups in total. The monoisotopic (exact) mass is 350 g/mol. The van der Waals surface area contributed by atoms with Crippen molar-refractivity contribution >= 4 is 22.9 Å². The first-order valence-corrected chi connectivity index (χ1v) is 8.66. The van der Waals surface area contributed by atoms with Gasteiger partial charge in [-0.1, -0.05) is 12.1 Å². The number of ether oxygens (including phenoxy) is 2. The number of aromatic amines is 1. The van der Waals surface area contributed by atoms with Gasteiger partial charge in [0, 0.05) is 31.7 Å². The van der Waals surface area contributed by atoms with Gasteiger partial charge in [0.25, 0.3) is 5.91 Å². The molecule has 132 valence electrons. The second-order valence-electron chi connectivity index (χ2n) is 6.42. The Morgan fingerprint density at radius 1 is 1.00 bits per heavy atom. The smallest absolute Gasteiger partial charge is 0.254 e. The van der Waals surface area contributed by atoms with E-state index in [1.165, 1.54) is 0 Å². The summed E-state index contributed by atoms with van der Waals surface area (Å²) >= 11 is 0. The van der Waals surface area contributed by atoms with Crippen LogP contribution in [0.15, 0.2) is 42.5 Å². The molecule has 0 spiro atoms. The number of piperazine rings is 1. The summed E-state index contributed by atoms with van der Waals surface area (Å²) in [4.78, 5) is 24.8. The quantitative estimate of drug-likeness (QED) is 0.768. The molecule has 7 heteroatoms. The van der Waals surface area contributed by atoms with E-state index >= 15 is 0 Å². The minimum absolute atomic E-state index is 0.0209. The maximum Gasteiger partial charge on any atom is 0.254 e. The predicted molar refractivity (Wildman–Crippen MR) is 96.8 cm³/mol. The summed E-state index contributed by atoms with van der Waals surface area (Å²) < 4.78 is 10.7. The molecule has 1 amide bonds. The van der Waals surface area contributed by atoms with Crippen molar-refractivity contribution in [1.29, 1.82) is 0 Å². The van der Waals surface area contributed by atoms with E-state index in [9.17, 15) is 4.79 Å². The minimum atomic E-state index is 0.0209. The Hall–Kier alpha value is -3.22. The second kappa shape index (κ2) is 5.94. The maximum absolute atomic E-state index is 12.8. The molecular formula is C19H18N4O3. The van der Waals surface area contributed by atoms with E-state index in [1.807, 2.05) is 29.2 Å². The SMILES string of the molecule is O=C(c1ccc2c(c1)OCO2)N1CCN(c2nc3ccccc3[nH]2)CC1. The van der Waals surface area contributed by atoms with Gasteiger partial charge in [-0.15, -0.1) is 0 Å². The molecule has 2 aliphatic rings. The van der Waals surface area contributed by atoms with Crippen molar-refractivity contribution < 1.29 is 14.3 Å². The van der Waals surface area contributed by atoms with Crippen molar-refractivity contribution in [2.24, 2.45) is 0 Å². The summed E-state index contributed by atoms with van der Waals surface area (Å²) in [5.41, 5.74) is 2.62. The van der Waals surface area contributed by atoms with Gasteiger partial charge in [-0.25, -0.2) is 4.98 Å². The molecule has 1 saturated heterocycles. The van der Waals surface area contributed by atoms with Crippen molar-refractivity contribution in [1.82, 2.24) is 14.9 Å². The molecule has 3 heterocycles. The lowest BCUT2D eigenvalue weighted by molar-refractivity contribution is 0.0746. The van der Waals surface area contributed by atoms with Crippen molar-refractivity contribution in [2.75, 3.05) is 37.9 Å². The number of aromatic nitrogens is 2. The van der Waals surface area contributed by atoms with Crippen LogP contribution in [0.1, 0.15) is 10.4 Å². The molecule has 1 aromatic heterocycles. The van der Waals surface area contributed by atoms with Crippen LogP contribution in [-0.4, -0.2) is 53.7 Å². The molecule has 0 atom stereocenters. The number of nitrogens with zero attached hydrogens (tertiary/aromatic N) is 3. The molecule has 7 nitrogen and oxygen atoms in total. The lowest BCUT2D eigenvalue weighted by atomic mass is 10.1. The number of hydrogen-bond acceptors (Lipinski definition) is 5. The van der Waals surface area contributed by atoms with Crippen LogP contribution >= 0.6 is 0 Å². The highest BCUT2D eigenvalue weighted by Gasteiger charge is 2.25. The van der Waals surface area contributed by atoms with Gasteiger partial charge in [-0.05, 0) is 30.3 Å². The van der Waals surface area contributed by atoms with E-state index in [0.29, 0.717) is 30.2 Å². The Labute approximate surface area is 150 Å². The molecule has 0 saturated carbocycles. The van der Waals surface area contributed by atoms with Crippen molar-refractivity contribution in [3.8, 4) is 11.5 Å². The third kappa shape index (κ3) is 2.52. The van der Waals surface area contributed by atoms with E-state index in [0.717, 1.165) is 30.1 Å². The number of H-pyrrole nitrogens is 1. The van der Waals surface area contributed by atoms with E-state index in [2.05, 4.69) is 14.9 Å². The van der Waals surface area contributed by atoms with E-state index in [-0.39, 0.29) is 12.7 Å². The number of fused-ring (bicyclic) bond motifs is 2. The Morgan fingerprint density at radius 2 is 1.81 bits per heavy atom. The van der Waals surface area contributed by atoms with Crippen molar-refractivity contribution in [3.63, 3.8) is 0 Å². The molecule has 0 radical (unpaired) electrons. The highest BCUT2D eigenvalue weighted by Crippen LogP contribution is 2.33. The van der Waals surface area contributed by atoms with Gasteiger partial charge < -0.3 is 24.3 Å². The molecule has 0 aliphatic carbocycles. The summed E-state index contributed by atoms with van der Waals surface area (Å²) in [7, 11) is 0. The van der Waals surface area contributed by atoms with Crippen molar-refractivity contribution in [2.45, 2.75) is 0 Å². The lowest BCUT2D eigenvalue weighted by Gasteiger charge is -2.34. The average molecular weight is 350 g/mol. The van der Waals surface area contributed by atoms with Crippen LogP contribution in [0.5, 0.6) is 11.5 Å². The second-order valence-corrected chi connectivity index (χ2v) is 6.42. The van der Waals surface area contributed by atoms with E-state index in [4.69, 9.17) is 9.47 Å². The average Bonchev–Trinajstić information content (AvgIpc) is 3.33. The van der Waals surface area contributed by atoms with Crippen LogP contribution in [0, 0.1) is 0 Å². The summed E-state index contributed by atoms with van der Waals surface area (Å²) in [5.74, 6) is 2.21. The highest BCUT2D eigenvalue weighted by atomic mass is 16.7. The lowest BCUT2D eigenvalue weighted by Crippen LogP contribution is -2.49. The molecule has 5 rings (SSSR count). The van der Waals surface area contributed by atoms with Crippen LogP contribution in [0.4, 0.5) is 5.95 Å². The number of nitrogens with one attached hydrogen (secondary N) is 1. The summed E-state index contributed by atoms with van der Waals surface area (Å²) in [6.07, 6.45) is 0. The number of benzene rings is 2. The third-order valence-corrected chi connectivity index (χ3v) is 4.86. The Bertz CT molecular complexity index is 943. The number of amides is 1. The Balaban J connectivity index is 1.28. The number of carbonyl (C=O) groups is 1. The minimum Gasteiger partial charge on any atom is -0.454 e. The number of rotatable bonds is 2. The van der Waals surface area contributed by atoms with Crippen LogP contribution in [0.2, 0.25) is 0 Å². The van der Waals surface area contributed by atoms with Crippen LogP contribution in [0.25, 0.3) is 11.0 Å². The van der Waals surface area contributed by atoms with E-state index in [1.54, 1.807) is 18.2 Å².